The van der Waals surface area contributed by atoms with E-state index in [4.69, 9.17) is 9.84 Å². The minimum atomic E-state index is -1.05. The summed E-state index contributed by atoms with van der Waals surface area (Å²) in [7, 11) is 3.07. The molecule has 0 saturated carbocycles. The maximum Gasteiger partial charge on any atom is 0.323 e. The molecule has 6 nitrogen and oxygen atoms in total. The standard InChI is InChI=1S/C10H20N2O4/c1-10(9(14)15,5-7-16-3)12-6-4-8(13)11-2/h12H,4-7H2,1-3H3,(H,11,13)(H,14,15). The van der Waals surface area contributed by atoms with Gasteiger partial charge in [-0.2, -0.15) is 0 Å². The lowest BCUT2D eigenvalue weighted by molar-refractivity contribution is -0.145. The molecule has 1 unspecified atom stereocenters. The zero-order valence-electron chi connectivity index (χ0n) is 10.0. The predicted molar refractivity (Wildman–Crippen MR) is 59.2 cm³/mol. The second-order valence-corrected chi connectivity index (χ2v) is 3.73. The lowest BCUT2D eigenvalue weighted by atomic mass is 9.98. The van der Waals surface area contributed by atoms with Crippen molar-refractivity contribution in [1.82, 2.24) is 10.6 Å². The van der Waals surface area contributed by atoms with Crippen molar-refractivity contribution in [2.45, 2.75) is 25.3 Å². The quantitative estimate of drug-likeness (QED) is 0.529. The largest absolute Gasteiger partial charge is 0.480 e. The van der Waals surface area contributed by atoms with Crippen molar-refractivity contribution in [2.24, 2.45) is 0 Å². The fourth-order valence-electron chi connectivity index (χ4n) is 1.15. The van der Waals surface area contributed by atoms with Crippen LogP contribution in [0.2, 0.25) is 0 Å². The van der Waals surface area contributed by atoms with Crippen molar-refractivity contribution in [1.29, 1.82) is 0 Å². The molecule has 0 aliphatic rings. The summed E-state index contributed by atoms with van der Waals surface area (Å²) in [5, 5.41) is 14.4. The minimum Gasteiger partial charge on any atom is -0.480 e. The highest BCUT2D eigenvalue weighted by molar-refractivity contribution is 5.78. The minimum absolute atomic E-state index is 0.119. The van der Waals surface area contributed by atoms with Crippen molar-refractivity contribution < 1.29 is 19.4 Å². The van der Waals surface area contributed by atoms with E-state index in [2.05, 4.69) is 10.6 Å². The number of aliphatic carboxylic acids is 1. The number of hydrogen-bond acceptors (Lipinski definition) is 4. The first kappa shape index (κ1) is 14.9. The van der Waals surface area contributed by atoms with E-state index in [-0.39, 0.29) is 12.3 Å². The van der Waals surface area contributed by atoms with Gasteiger partial charge in [-0.05, 0) is 13.3 Å². The van der Waals surface area contributed by atoms with E-state index >= 15 is 0 Å². The lowest BCUT2D eigenvalue weighted by Crippen LogP contribution is -2.51. The van der Waals surface area contributed by atoms with Gasteiger partial charge in [0.1, 0.15) is 5.54 Å². The molecule has 0 bridgehead atoms. The Balaban J connectivity index is 4.12. The molecule has 0 aromatic heterocycles. The van der Waals surface area contributed by atoms with Crippen LogP contribution < -0.4 is 10.6 Å². The fourth-order valence-corrected chi connectivity index (χ4v) is 1.15. The van der Waals surface area contributed by atoms with E-state index in [1.165, 1.54) is 7.11 Å². The highest BCUT2D eigenvalue weighted by Crippen LogP contribution is 2.10. The van der Waals surface area contributed by atoms with E-state index < -0.39 is 11.5 Å². The van der Waals surface area contributed by atoms with E-state index in [1.807, 2.05) is 0 Å². The molecule has 0 saturated heterocycles. The summed E-state index contributed by atoms with van der Waals surface area (Å²) in [6.07, 6.45) is 0.610. The summed E-state index contributed by atoms with van der Waals surface area (Å²) in [6, 6.07) is 0. The predicted octanol–water partition coefficient (Wildman–Crippen LogP) is -0.408. The van der Waals surface area contributed by atoms with E-state index in [0.717, 1.165) is 0 Å². The Morgan fingerprint density at radius 2 is 2.06 bits per heavy atom. The second-order valence-electron chi connectivity index (χ2n) is 3.73. The fraction of sp³-hybridized carbons (Fsp3) is 0.800. The zero-order chi connectivity index (χ0) is 12.6. The van der Waals surface area contributed by atoms with Gasteiger partial charge in [0.05, 0.1) is 0 Å². The highest BCUT2D eigenvalue weighted by atomic mass is 16.5. The third-order valence-corrected chi connectivity index (χ3v) is 2.42. The third kappa shape index (κ3) is 5.09. The van der Waals surface area contributed by atoms with Crippen LogP contribution in [0.25, 0.3) is 0 Å². The number of methoxy groups -OCH3 is 1. The maximum absolute atomic E-state index is 11.1. The summed E-state index contributed by atoms with van der Waals surface area (Å²) >= 11 is 0. The van der Waals surface area contributed by atoms with Crippen LogP contribution in [0.4, 0.5) is 0 Å². The van der Waals surface area contributed by atoms with Crippen molar-refractivity contribution in [3.05, 3.63) is 0 Å². The topological polar surface area (TPSA) is 87.7 Å². The van der Waals surface area contributed by atoms with Gasteiger partial charge in [0.15, 0.2) is 0 Å². The first-order valence-electron chi connectivity index (χ1n) is 5.14. The highest BCUT2D eigenvalue weighted by Gasteiger charge is 2.31. The molecule has 16 heavy (non-hydrogen) atoms. The second kappa shape index (κ2) is 7.19. The molecule has 1 atom stereocenters. The Hall–Kier alpha value is -1.14. The summed E-state index contributed by atoms with van der Waals surface area (Å²) in [6.45, 7) is 2.26. The Morgan fingerprint density at radius 1 is 1.44 bits per heavy atom. The van der Waals surface area contributed by atoms with Gasteiger partial charge in [0, 0.05) is 33.7 Å². The van der Waals surface area contributed by atoms with Gasteiger partial charge < -0.3 is 20.5 Å². The zero-order valence-corrected chi connectivity index (χ0v) is 10.0. The molecule has 1 amide bonds. The molecule has 3 N–H and O–H groups in total. The maximum atomic E-state index is 11.1. The third-order valence-electron chi connectivity index (χ3n) is 2.42. The van der Waals surface area contributed by atoms with Crippen LogP contribution in [0.3, 0.4) is 0 Å². The molecule has 0 aliphatic heterocycles. The molecule has 94 valence electrons. The molecule has 0 heterocycles. The monoisotopic (exact) mass is 232 g/mol. The number of rotatable bonds is 8. The van der Waals surface area contributed by atoms with Crippen LogP contribution in [0.1, 0.15) is 19.8 Å². The molecule has 0 aromatic rings. The molecule has 0 fully saturated rings. The van der Waals surface area contributed by atoms with Gasteiger partial charge in [0.2, 0.25) is 5.91 Å². The van der Waals surface area contributed by atoms with Gasteiger partial charge >= 0.3 is 5.97 Å². The molecule has 0 radical (unpaired) electrons. The number of hydrogen-bond donors (Lipinski definition) is 3. The Labute approximate surface area is 95.4 Å². The summed E-state index contributed by atoms with van der Waals surface area (Å²) < 4.78 is 4.85. The Morgan fingerprint density at radius 3 is 2.50 bits per heavy atom. The van der Waals surface area contributed by atoms with Crippen LogP contribution in [0.15, 0.2) is 0 Å². The molecule has 6 heteroatoms. The van der Waals surface area contributed by atoms with Gasteiger partial charge in [-0.1, -0.05) is 0 Å². The van der Waals surface area contributed by atoms with E-state index in [1.54, 1.807) is 14.0 Å². The number of carboxylic acid groups (broad SMARTS) is 1. The van der Waals surface area contributed by atoms with Crippen LogP contribution >= 0.6 is 0 Å². The van der Waals surface area contributed by atoms with Crippen molar-refractivity contribution in [2.75, 3.05) is 27.3 Å². The molecular formula is C10H20N2O4. The van der Waals surface area contributed by atoms with Crippen molar-refractivity contribution in [3.63, 3.8) is 0 Å². The van der Waals surface area contributed by atoms with Crippen LogP contribution in [-0.2, 0) is 14.3 Å². The first-order chi connectivity index (χ1) is 7.46. The molecular weight excluding hydrogens is 212 g/mol. The Kier molecular flexibility index (Phi) is 6.67. The molecule has 0 spiro atoms. The van der Waals surface area contributed by atoms with E-state index in [9.17, 15) is 9.59 Å². The van der Waals surface area contributed by atoms with Crippen LogP contribution in [0.5, 0.6) is 0 Å². The number of ether oxygens (including phenoxy) is 1. The molecule has 0 aromatic carbocycles. The number of carbonyl (C=O) groups excluding carboxylic acids is 1. The average Bonchev–Trinajstić information content (AvgIpc) is 2.25. The average molecular weight is 232 g/mol. The van der Waals surface area contributed by atoms with Gasteiger partial charge in [0.25, 0.3) is 0 Å². The number of carbonyl (C=O) groups is 2. The number of amides is 1. The van der Waals surface area contributed by atoms with Crippen molar-refractivity contribution >= 4 is 11.9 Å². The smallest absolute Gasteiger partial charge is 0.323 e. The summed E-state index contributed by atoms with van der Waals surface area (Å²) in [5.41, 5.74) is -1.05. The normalized spacial score (nSPS) is 14.2. The molecule has 0 aliphatic carbocycles. The number of nitrogens with one attached hydrogen (secondary N) is 2. The summed E-state index contributed by atoms with van der Waals surface area (Å²) in [4.78, 5) is 22.0. The lowest BCUT2D eigenvalue weighted by Gasteiger charge is -2.25. The van der Waals surface area contributed by atoms with Crippen LogP contribution in [-0.4, -0.2) is 49.8 Å². The van der Waals surface area contributed by atoms with Crippen molar-refractivity contribution in [3.8, 4) is 0 Å². The van der Waals surface area contributed by atoms with E-state index in [0.29, 0.717) is 19.6 Å². The van der Waals surface area contributed by atoms with Gasteiger partial charge in [-0.15, -0.1) is 0 Å². The SMILES string of the molecule is CNC(=O)CCNC(C)(CCOC)C(=O)O. The van der Waals surface area contributed by atoms with Gasteiger partial charge in [-0.25, -0.2) is 0 Å². The summed E-state index contributed by atoms with van der Waals surface area (Å²) in [5.74, 6) is -1.06. The van der Waals surface area contributed by atoms with Crippen LogP contribution in [0, 0.1) is 0 Å². The Bertz CT molecular complexity index is 245. The van der Waals surface area contributed by atoms with Gasteiger partial charge in [-0.3, -0.25) is 9.59 Å². The first-order valence-corrected chi connectivity index (χ1v) is 5.14. The number of carboxylic acids is 1. The molecule has 0 rings (SSSR count).